The van der Waals surface area contributed by atoms with Crippen molar-refractivity contribution in [2.24, 2.45) is 0 Å². The average molecular weight is 518 g/mol. The predicted octanol–water partition coefficient (Wildman–Crippen LogP) is 5.52. The highest BCUT2D eigenvalue weighted by molar-refractivity contribution is 9.10. The van der Waals surface area contributed by atoms with Crippen LogP contribution in [0.15, 0.2) is 53.3 Å². The number of hydrogen-bond donors (Lipinski definition) is 0. The molecule has 0 N–H and O–H groups in total. The molecule has 0 fully saturated rings. The standard InChI is InChI=1S/C26H24BrN5O2/c1-5-20-29-22-15(2)12-16(3)28-25(22)32(20)14-17-10-11-31-21(13-17)30-23(24(31)27)18-8-6-7-9-19(18)26(33)34-4/h6-13H,5,14H2,1-4H3. The lowest BCUT2D eigenvalue weighted by Crippen LogP contribution is -2.06. The van der Waals surface area contributed by atoms with Gasteiger partial charge in [0.2, 0.25) is 0 Å². The van der Waals surface area contributed by atoms with Crippen molar-refractivity contribution < 1.29 is 9.53 Å². The smallest absolute Gasteiger partial charge is 0.338 e. The number of carbonyl (C=O) groups excluding carboxylic acids is 1. The van der Waals surface area contributed by atoms with E-state index in [1.54, 1.807) is 6.07 Å². The van der Waals surface area contributed by atoms with Crippen molar-refractivity contribution in [3.05, 3.63) is 81.5 Å². The largest absolute Gasteiger partial charge is 0.465 e. The van der Waals surface area contributed by atoms with Gasteiger partial charge in [-0.2, -0.15) is 0 Å². The lowest BCUT2D eigenvalue weighted by molar-refractivity contribution is 0.0601. The fourth-order valence-electron chi connectivity index (χ4n) is 4.37. The van der Waals surface area contributed by atoms with E-state index in [4.69, 9.17) is 19.7 Å². The van der Waals surface area contributed by atoms with Crippen molar-refractivity contribution in [3.63, 3.8) is 0 Å². The Labute approximate surface area is 205 Å². The van der Waals surface area contributed by atoms with E-state index in [1.165, 1.54) is 7.11 Å². The van der Waals surface area contributed by atoms with Gasteiger partial charge in [-0.25, -0.2) is 19.7 Å². The zero-order chi connectivity index (χ0) is 24.0. The monoisotopic (exact) mass is 517 g/mol. The van der Waals surface area contributed by atoms with E-state index < -0.39 is 5.97 Å². The molecular weight excluding hydrogens is 494 g/mol. The molecule has 0 atom stereocenters. The number of methoxy groups -OCH3 is 1. The molecule has 4 heterocycles. The summed E-state index contributed by atoms with van der Waals surface area (Å²) in [4.78, 5) is 26.8. The van der Waals surface area contributed by atoms with E-state index >= 15 is 0 Å². The van der Waals surface area contributed by atoms with Crippen molar-refractivity contribution in [1.82, 2.24) is 23.9 Å². The predicted molar refractivity (Wildman–Crippen MR) is 135 cm³/mol. The Balaban J connectivity index is 1.60. The third-order valence-electron chi connectivity index (χ3n) is 5.98. The highest BCUT2D eigenvalue weighted by Gasteiger charge is 2.20. The van der Waals surface area contributed by atoms with Crippen LogP contribution in [-0.4, -0.2) is 37.0 Å². The van der Waals surface area contributed by atoms with E-state index in [2.05, 4.69) is 52.5 Å². The van der Waals surface area contributed by atoms with Gasteiger partial charge in [0.1, 0.15) is 27.3 Å². The Bertz CT molecular complexity index is 1570. The Morgan fingerprint density at radius 2 is 1.88 bits per heavy atom. The summed E-state index contributed by atoms with van der Waals surface area (Å²) in [5.41, 5.74) is 7.73. The van der Waals surface area contributed by atoms with E-state index in [9.17, 15) is 4.79 Å². The number of hydrogen-bond acceptors (Lipinski definition) is 5. The molecule has 0 unspecified atom stereocenters. The van der Waals surface area contributed by atoms with Crippen LogP contribution in [0, 0.1) is 13.8 Å². The maximum Gasteiger partial charge on any atom is 0.338 e. The minimum Gasteiger partial charge on any atom is -0.465 e. The number of fused-ring (bicyclic) bond motifs is 2. The molecule has 34 heavy (non-hydrogen) atoms. The lowest BCUT2D eigenvalue weighted by Gasteiger charge is -2.09. The van der Waals surface area contributed by atoms with Crippen molar-refractivity contribution in [2.45, 2.75) is 33.7 Å². The van der Waals surface area contributed by atoms with Gasteiger partial charge >= 0.3 is 5.97 Å². The first kappa shape index (κ1) is 22.3. The second kappa shape index (κ2) is 8.68. The quantitative estimate of drug-likeness (QED) is 0.287. The Morgan fingerprint density at radius 3 is 2.65 bits per heavy atom. The van der Waals surface area contributed by atoms with Crippen molar-refractivity contribution in [1.29, 1.82) is 0 Å². The summed E-state index contributed by atoms with van der Waals surface area (Å²) in [7, 11) is 1.38. The molecule has 172 valence electrons. The van der Waals surface area contributed by atoms with Gasteiger partial charge in [0.05, 0.1) is 19.2 Å². The van der Waals surface area contributed by atoms with Crippen LogP contribution < -0.4 is 0 Å². The number of pyridine rings is 2. The van der Waals surface area contributed by atoms with E-state index in [1.807, 2.05) is 35.7 Å². The number of rotatable bonds is 5. The maximum absolute atomic E-state index is 12.3. The van der Waals surface area contributed by atoms with Crippen molar-refractivity contribution >= 4 is 38.7 Å². The number of benzene rings is 1. The van der Waals surface area contributed by atoms with Gasteiger partial charge in [0, 0.05) is 23.9 Å². The number of nitrogens with zero attached hydrogens (tertiary/aromatic N) is 5. The molecule has 0 saturated carbocycles. The summed E-state index contributed by atoms with van der Waals surface area (Å²) in [6, 6.07) is 13.5. The van der Waals surface area contributed by atoms with Crippen molar-refractivity contribution in [3.8, 4) is 11.3 Å². The molecular formula is C26H24BrN5O2. The lowest BCUT2D eigenvalue weighted by atomic mass is 10.1. The Morgan fingerprint density at radius 1 is 1.09 bits per heavy atom. The molecule has 5 rings (SSSR count). The molecule has 0 bridgehead atoms. The van der Waals surface area contributed by atoms with Gasteiger partial charge in [-0.3, -0.25) is 4.40 Å². The van der Waals surface area contributed by atoms with Crippen LogP contribution in [0.25, 0.3) is 28.1 Å². The summed E-state index contributed by atoms with van der Waals surface area (Å²) >= 11 is 3.67. The number of ether oxygens (including phenoxy) is 1. The van der Waals surface area contributed by atoms with Crippen LogP contribution in [0.2, 0.25) is 0 Å². The van der Waals surface area contributed by atoms with Crippen LogP contribution in [0.5, 0.6) is 0 Å². The van der Waals surface area contributed by atoms with Gasteiger partial charge in [-0.15, -0.1) is 0 Å². The van der Waals surface area contributed by atoms with Gasteiger partial charge in [-0.05, 0) is 65.2 Å². The third kappa shape index (κ3) is 3.68. The number of aromatic nitrogens is 5. The zero-order valence-corrected chi connectivity index (χ0v) is 21.0. The molecule has 5 aromatic rings. The molecule has 0 aliphatic carbocycles. The first-order valence-electron chi connectivity index (χ1n) is 11.1. The fraction of sp³-hybridized carbons (Fsp3) is 0.231. The molecule has 1 aromatic carbocycles. The summed E-state index contributed by atoms with van der Waals surface area (Å²) in [6.45, 7) is 6.84. The highest BCUT2D eigenvalue weighted by atomic mass is 79.9. The Kier molecular flexibility index (Phi) is 5.69. The molecule has 0 aliphatic heterocycles. The zero-order valence-electron chi connectivity index (χ0n) is 19.5. The molecule has 7 nitrogen and oxygen atoms in total. The molecule has 0 radical (unpaired) electrons. The maximum atomic E-state index is 12.3. The first-order valence-corrected chi connectivity index (χ1v) is 11.9. The number of imidazole rings is 2. The van der Waals surface area contributed by atoms with Gasteiger partial charge in [-0.1, -0.05) is 25.1 Å². The second-order valence-electron chi connectivity index (χ2n) is 8.27. The van der Waals surface area contributed by atoms with E-state index in [0.29, 0.717) is 17.8 Å². The van der Waals surface area contributed by atoms with Crippen LogP contribution in [0.4, 0.5) is 0 Å². The average Bonchev–Trinajstić information content (AvgIpc) is 3.36. The molecule has 0 saturated heterocycles. The van der Waals surface area contributed by atoms with E-state index in [0.717, 1.165) is 56.0 Å². The molecule has 0 spiro atoms. The first-order chi connectivity index (χ1) is 16.4. The molecule has 0 amide bonds. The second-order valence-corrected chi connectivity index (χ2v) is 9.02. The topological polar surface area (TPSA) is 74.3 Å². The number of carbonyl (C=O) groups is 1. The number of aryl methyl sites for hydroxylation is 3. The van der Waals surface area contributed by atoms with Crippen LogP contribution >= 0.6 is 15.9 Å². The molecule has 4 aromatic heterocycles. The summed E-state index contributed by atoms with van der Waals surface area (Å²) in [6.07, 6.45) is 2.81. The Hall–Kier alpha value is -3.52. The van der Waals surface area contributed by atoms with Gasteiger partial charge in [0.25, 0.3) is 0 Å². The van der Waals surface area contributed by atoms with Crippen LogP contribution in [0.1, 0.15) is 39.9 Å². The van der Waals surface area contributed by atoms with Crippen molar-refractivity contribution in [2.75, 3.05) is 7.11 Å². The number of esters is 1. The molecule has 0 aliphatic rings. The summed E-state index contributed by atoms with van der Waals surface area (Å²) in [5, 5.41) is 0. The van der Waals surface area contributed by atoms with Gasteiger partial charge in [0.15, 0.2) is 5.65 Å². The highest BCUT2D eigenvalue weighted by Crippen LogP contribution is 2.32. The summed E-state index contributed by atoms with van der Waals surface area (Å²) < 4.78 is 9.89. The van der Waals surface area contributed by atoms with Crippen LogP contribution in [-0.2, 0) is 17.7 Å². The minimum atomic E-state index is -0.391. The van der Waals surface area contributed by atoms with E-state index in [-0.39, 0.29) is 0 Å². The third-order valence-corrected chi connectivity index (χ3v) is 6.74. The summed E-state index contributed by atoms with van der Waals surface area (Å²) in [5.74, 6) is 0.616. The normalized spacial score (nSPS) is 11.4. The van der Waals surface area contributed by atoms with Gasteiger partial charge < -0.3 is 9.30 Å². The fourth-order valence-corrected chi connectivity index (χ4v) is 4.97. The SMILES string of the molecule is CCc1nc2c(C)cc(C)nc2n1Cc1ccn2c(Br)c(-c3ccccc3C(=O)OC)nc2c1. The minimum absolute atomic E-state index is 0.391. The molecule has 8 heteroatoms. The van der Waals surface area contributed by atoms with Crippen LogP contribution in [0.3, 0.4) is 0 Å². The number of halogens is 1.